The summed E-state index contributed by atoms with van der Waals surface area (Å²) in [7, 11) is 0. The van der Waals surface area contributed by atoms with Crippen LogP contribution in [0.4, 0.5) is 5.82 Å². The van der Waals surface area contributed by atoms with Crippen LogP contribution in [0.5, 0.6) is 0 Å². The fraction of sp³-hybridized carbons (Fsp3) is 0.278. The Morgan fingerprint density at radius 1 is 1.22 bits per heavy atom. The van der Waals surface area contributed by atoms with Gasteiger partial charge in [0.25, 0.3) is 0 Å². The molecule has 0 unspecified atom stereocenters. The van der Waals surface area contributed by atoms with E-state index in [1.165, 1.54) is 10.4 Å². The van der Waals surface area contributed by atoms with Gasteiger partial charge in [-0.05, 0) is 30.7 Å². The van der Waals surface area contributed by atoms with Crippen LogP contribution in [0.3, 0.4) is 0 Å². The van der Waals surface area contributed by atoms with Crippen molar-refractivity contribution in [3.63, 3.8) is 0 Å². The Morgan fingerprint density at radius 3 is 3.15 bits per heavy atom. The maximum Gasteiger partial charge on any atom is 0.228 e. The van der Waals surface area contributed by atoms with Crippen LogP contribution < -0.4 is 10.6 Å². The average Bonchev–Trinajstić information content (AvgIpc) is 3.33. The topological polar surface area (TPSA) is 102 Å². The molecule has 0 saturated heterocycles. The summed E-state index contributed by atoms with van der Waals surface area (Å²) in [6.07, 6.45) is 4.95. The van der Waals surface area contributed by atoms with Crippen molar-refractivity contribution in [3.05, 3.63) is 47.1 Å². The zero-order chi connectivity index (χ0) is 18.1. The Labute approximate surface area is 159 Å². The number of thiophene rings is 1. The molecule has 1 aliphatic heterocycles. The van der Waals surface area contributed by atoms with Gasteiger partial charge in [-0.1, -0.05) is 11.2 Å². The Kier molecular flexibility index (Phi) is 4.23. The molecule has 9 heteroatoms. The molecule has 4 aromatic rings. The van der Waals surface area contributed by atoms with Crippen LogP contribution in [-0.2, 0) is 19.4 Å². The normalized spacial score (nSPS) is 13.6. The standard InChI is InChI=1S/C18H17N7OS/c1-2-6-20-12(3-1)16-24-14(26-25-16)5-8-21-17-15-11-4-7-19-9-13(11)27-18(15)23-10-22-17/h1-3,6,10,19H,4-5,7-9H2,(H,21,22,23). The molecule has 0 amide bonds. The molecule has 1 aliphatic rings. The van der Waals surface area contributed by atoms with Crippen molar-refractivity contribution in [3.8, 4) is 11.5 Å². The minimum atomic E-state index is 0.509. The van der Waals surface area contributed by atoms with E-state index >= 15 is 0 Å². The molecule has 0 spiro atoms. The second-order valence-electron chi connectivity index (χ2n) is 6.24. The first-order chi connectivity index (χ1) is 13.4. The molecular weight excluding hydrogens is 362 g/mol. The fourth-order valence-corrected chi connectivity index (χ4v) is 4.39. The largest absolute Gasteiger partial charge is 0.369 e. The van der Waals surface area contributed by atoms with Gasteiger partial charge in [-0.3, -0.25) is 4.98 Å². The Hall–Kier alpha value is -2.91. The van der Waals surface area contributed by atoms with Crippen LogP contribution in [0, 0.1) is 0 Å². The summed E-state index contributed by atoms with van der Waals surface area (Å²) in [4.78, 5) is 19.9. The van der Waals surface area contributed by atoms with Crippen LogP contribution in [0.25, 0.3) is 21.7 Å². The molecule has 136 valence electrons. The van der Waals surface area contributed by atoms with Gasteiger partial charge in [-0.2, -0.15) is 4.98 Å². The van der Waals surface area contributed by atoms with Gasteiger partial charge in [0.1, 0.15) is 22.7 Å². The van der Waals surface area contributed by atoms with Crippen molar-refractivity contribution in [2.24, 2.45) is 0 Å². The van der Waals surface area contributed by atoms with Crippen molar-refractivity contribution < 1.29 is 4.52 Å². The maximum atomic E-state index is 5.34. The van der Waals surface area contributed by atoms with Crippen molar-refractivity contribution in [2.45, 2.75) is 19.4 Å². The number of hydrogen-bond acceptors (Lipinski definition) is 9. The highest BCUT2D eigenvalue weighted by Crippen LogP contribution is 2.35. The number of anilines is 1. The summed E-state index contributed by atoms with van der Waals surface area (Å²) in [6, 6.07) is 5.62. The predicted octanol–water partition coefficient (Wildman–Crippen LogP) is 2.44. The lowest BCUT2D eigenvalue weighted by Gasteiger charge is -2.13. The Bertz CT molecular complexity index is 1080. The minimum absolute atomic E-state index is 0.509. The average molecular weight is 379 g/mol. The van der Waals surface area contributed by atoms with Gasteiger partial charge in [-0.25, -0.2) is 9.97 Å². The van der Waals surface area contributed by atoms with Crippen LogP contribution in [-0.4, -0.2) is 38.2 Å². The number of aromatic nitrogens is 5. The molecule has 0 bridgehead atoms. The molecule has 0 atom stereocenters. The molecule has 5 heterocycles. The summed E-state index contributed by atoms with van der Waals surface area (Å²) in [5.74, 6) is 1.96. The number of nitrogens with zero attached hydrogens (tertiary/aromatic N) is 5. The zero-order valence-electron chi connectivity index (χ0n) is 14.5. The first-order valence-corrected chi connectivity index (χ1v) is 9.64. The number of rotatable bonds is 5. The lowest BCUT2D eigenvalue weighted by Crippen LogP contribution is -2.22. The van der Waals surface area contributed by atoms with Gasteiger partial charge in [-0.15, -0.1) is 11.3 Å². The molecule has 8 nitrogen and oxygen atoms in total. The molecule has 4 aromatic heterocycles. The molecule has 0 fully saturated rings. The van der Waals surface area contributed by atoms with Crippen LogP contribution >= 0.6 is 11.3 Å². The van der Waals surface area contributed by atoms with Crippen molar-refractivity contribution in [1.82, 2.24) is 30.4 Å². The molecule has 0 aromatic carbocycles. The molecule has 5 rings (SSSR count). The number of fused-ring (bicyclic) bond motifs is 3. The van der Waals surface area contributed by atoms with E-state index in [9.17, 15) is 0 Å². The van der Waals surface area contributed by atoms with E-state index in [1.807, 2.05) is 18.2 Å². The van der Waals surface area contributed by atoms with E-state index in [4.69, 9.17) is 4.52 Å². The lowest BCUT2D eigenvalue weighted by molar-refractivity contribution is 0.381. The second-order valence-corrected chi connectivity index (χ2v) is 7.32. The van der Waals surface area contributed by atoms with Gasteiger partial charge in [0, 0.05) is 30.6 Å². The highest BCUT2D eigenvalue weighted by molar-refractivity contribution is 7.18. The first-order valence-electron chi connectivity index (χ1n) is 8.82. The van der Waals surface area contributed by atoms with Crippen LogP contribution in [0.15, 0.2) is 35.2 Å². The van der Waals surface area contributed by atoms with E-state index in [-0.39, 0.29) is 0 Å². The van der Waals surface area contributed by atoms with E-state index in [0.717, 1.165) is 35.5 Å². The predicted molar refractivity (Wildman–Crippen MR) is 103 cm³/mol. The zero-order valence-corrected chi connectivity index (χ0v) is 15.3. The number of nitrogens with one attached hydrogen (secondary N) is 2. The van der Waals surface area contributed by atoms with E-state index < -0.39 is 0 Å². The third kappa shape index (κ3) is 3.15. The van der Waals surface area contributed by atoms with E-state index in [2.05, 4.69) is 35.7 Å². The van der Waals surface area contributed by atoms with Gasteiger partial charge >= 0.3 is 0 Å². The molecule has 0 aliphatic carbocycles. The first kappa shape index (κ1) is 16.3. The molecule has 27 heavy (non-hydrogen) atoms. The van der Waals surface area contributed by atoms with Gasteiger partial charge < -0.3 is 15.2 Å². The Morgan fingerprint density at radius 2 is 2.22 bits per heavy atom. The van der Waals surface area contributed by atoms with Gasteiger partial charge in [0.05, 0.1) is 5.39 Å². The van der Waals surface area contributed by atoms with Gasteiger partial charge in [0.15, 0.2) is 0 Å². The van der Waals surface area contributed by atoms with Crippen molar-refractivity contribution >= 4 is 27.4 Å². The van der Waals surface area contributed by atoms with Crippen LogP contribution in [0.1, 0.15) is 16.3 Å². The lowest BCUT2D eigenvalue weighted by atomic mass is 10.1. The molecule has 2 N–H and O–H groups in total. The smallest absolute Gasteiger partial charge is 0.228 e. The Balaban J connectivity index is 1.31. The molecular formula is C18H17N7OS. The van der Waals surface area contributed by atoms with E-state index in [0.29, 0.717) is 30.4 Å². The highest BCUT2D eigenvalue weighted by Gasteiger charge is 2.19. The molecule has 0 radical (unpaired) electrons. The monoisotopic (exact) mass is 379 g/mol. The summed E-state index contributed by atoms with van der Waals surface area (Å²) in [6.45, 7) is 2.55. The summed E-state index contributed by atoms with van der Waals surface area (Å²) in [5, 5.41) is 12.0. The minimum Gasteiger partial charge on any atom is -0.369 e. The second kappa shape index (κ2) is 7.01. The van der Waals surface area contributed by atoms with E-state index in [1.54, 1.807) is 23.9 Å². The van der Waals surface area contributed by atoms with Gasteiger partial charge in [0.2, 0.25) is 11.7 Å². The van der Waals surface area contributed by atoms with Crippen molar-refractivity contribution in [2.75, 3.05) is 18.4 Å². The van der Waals surface area contributed by atoms with Crippen molar-refractivity contribution in [1.29, 1.82) is 0 Å². The summed E-state index contributed by atoms with van der Waals surface area (Å²) >= 11 is 1.74. The van der Waals surface area contributed by atoms with Crippen LogP contribution in [0.2, 0.25) is 0 Å². The number of pyridine rings is 1. The maximum absolute atomic E-state index is 5.34. The third-order valence-corrected chi connectivity index (χ3v) is 5.64. The quantitative estimate of drug-likeness (QED) is 0.545. The molecule has 0 saturated carbocycles. The SMILES string of the molecule is c1ccc(-c2noc(CCNc3ncnc4sc5c(c34)CCNC5)n2)nc1. The summed E-state index contributed by atoms with van der Waals surface area (Å²) < 4.78 is 5.34. The number of hydrogen-bond donors (Lipinski definition) is 2. The highest BCUT2D eigenvalue weighted by atomic mass is 32.1. The fourth-order valence-electron chi connectivity index (χ4n) is 3.24. The third-order valence-electron chi connectivity index (χ3n) is 4.50. The summed E-state index contributed by atoms with van der Waals surface area (Å²) in [5.41, 5.74) is 2.07.